The average Bonchev–Trinajstić information content (AvgIpc) is 1.60. The Kier molecular flexibility index (Phi) is 41.4. The maximum absolute atomic E-state index is 13.6. The van der Waals surface area contributed by atoms with E-state index in [2.05, 4.69) is 99.7 Å². The van der Waals surface area contributed by atoms with E-state index in [0.717, 1.165) is 42.5 Å². The molecule has 3 aliphatic carbocycles. The van der Waals surface area contributed by atoms with Crippen LogP contribution in [-0.4, -0.2) is 184 Å². The lowest BCUT2D eigenvalue weighted by molar-refractivity contribution is -0.141. The zero-order valence-corrected chi connectivity index (χ0v) is 74.9. The molecule has 30 nitrogen and oxygen atoms in total. The Bertz CT molecular complexity index is 4260. The highest BCUT2D eigenvalue weighted by molar-refractivity contribution is 5.97. The predicted octanol–water partition coefficient (Wildman–Crippen LogP) is 14.0. The largest absolute Gasteiger partial charge is 0.496 e. The van der Waals surface area contributed by atoms with Crippen LogP contribution in [0.3, 0.4) is 0 Å². The fourth-order valence-electron chi connectivity index (χ4n) is 15.9. The Balaban J connectivity index is 0.000000252. The van der Waals surface area contributed by atoms with Crippen LogP contribution < -0.4 is 60.3 Å². The van der Waals surface area contributed by atoms with Crippen LogP contribution in [0.1, 0.15) is 246 Å². The lowest BCUT2D eigenvalue weighted by Gasteiger charge is -2.24. The van der Waals surface area contributed by atoms with Gasteiger partial charge in [0.15, 0.2) is 17.1 Å². The molecule has 0 saturated heterocycles. The Morgan fingerprint density at radius 2 is 0.680 bits per heavy atom. The smallest absolute Gasteiger partial charge is 0.325 e. The van der Waals surface area contributed by atoms with E-state index in [-0.39, 0.29) is 109 Å². The third-order valence-electron chi connectivity index (χ3n) is 23.3. The third-order valence-corrected chi connectivity index (χ3v) is 23.3. The minimum absolute atomic E-state index is 0.0210. The van der Waals surface area contributed by atoms with Crippen LogP contribution in [0.2, 0.25) is 0 Å². The molecular formula is C92H136N12O18. The number of rotatable bonds is 43. The summed E-state index contributed by atoms with van der Waals surface area (Å²) in [4.78, 5) is 113. The van der Waals surface area contributed by atoms with Gasteiger partial charge in [-0.3, -0.25) is 57.2 Å². The first-order chi connectivity index (χ1) is 58.7. The molecule has 0 spiro atoms. The van der Waals surface area contributed by atoms with Gasteiger partial charge in [-0.25, -0.2) is 0 Å². The van der Waals surface area contributed by atoms with Crippen LogP contribution in [0.15, 0.2) is 72.8 Å². The predicted molar refractivity (Wildman–Crippen MR) is 466 cm³/mol. The van der Waals surface area contributed by atoms with Crippen molar-refractivity contribution >= 4 is 53.4 Å². The summed E-state index contributed by atoms with van der Waals surface area (Å²) in [6.07, 6.45) is 24.2. The van der Waals surface area contributed by atoms with E-state index in [1.807, 2.05) is 64.0 Å². The Morgan fingerprint density at radius 3 is 0.959 bits per heavy atom. The van der Waals surface area contributed by atoms with E-state index in [0.29, 0.717) is 107 Å². The van der Waals surface area contributed by atoms with Crippen molar-refractivity contribution in [1.29, 1.82) is 0 Å². The SMILES string of the molecule is CCC(C)Cn1nc(C(=O)N[C@@H](CCC2CCCCC2)CC(=O)NCC(=O)OC)cc1-c1c(OC)cccc1OC.COC(=O)CNC(=O)C[C@H](CCC1CCCCC1)NC(=O)c1cc(-c2c(OC)cccc2OC)n(C(C)C(C)C)n1.COC(=O)CNC(=O)C[C@H](CCC1CCCCC1)NC(=O)c1cc(-c2c(OC)cccc2OC)n(CC(C)C)n1. The van der Waals surface area contributed by atoms with Gasteiger partial charge in [-0.15, -0.1) is 0 Å². The molecule has 9 rings (SSSR count). The van der Waals surface area contributed by atoms with E-state index in [4.69, 9.17) is 38.6 Å². The number of carbonyl (C=O) groups excluding carboxylic acids is 9. The van der Waals surface area contributed by atoms with Crippen LogP contribution in [-0.2, 0) is 56.1 Å². The highest BCUT2D eigenvalue weighted by Crippen LogP contribution is 2.43. The van der Waals surface area contributed by atoms with Crippen LogP contribution in [0.5, 0.6) is 34.5 Å². The van der Waals surface area contributed by atoms with E-state index >= 15 is 0 Å². The van der Waals surface area contributed by atoms with E-state index < -0.39 is 36.0 Å². The number of carbonyl (C=O) groups is 9. The van der Waals surface area contributed by atoms with Crippen molar-refractivity contribution in [2.75, 3.05) is 83.6 Å². The Morgan fingerprint density at radius 1 is 0.393 bits per heavy atom. The average molecular weight is 1700 g/mol. The first-order valence-corrected chi connectivity index (χ1v) is 43.5. The van der Waals surface area contributed by atoms with E-state index in [1.165, 1.54) is 118 Å². The number of benzene rings is 3. The summed E-state index contributed by atoms with van der Waals surface area (Å²) in [5.74, 6) is 2.75. The van der Waals surface area contributed by atoms with Gasteiger partial charge < -0.3 is 74.5 Å². The van der Waals surface area contributed by atoms with Crippen molar-refractivity contribution in [2.24, 2.45) is 35.5 Å². The number of amides is 6. The fourth-order valence-corrected chi connectivity index (χ4v) is 15.9. The molecule has 6 aromatic rings. The number of hydrogen-bond donors (Lipinski definition) is 6. The normalized spacial score (nSPS) is 14.9. The van der Waals surface area contributed by atoms with Crippen LogP contribution in [0.4, 0.5) is 0 Å². The van der Waals surface area contributed by atoms with Gasteiger partial charge >= 0.3 is 17.9 Å². The molecule has 6 amide bonds. The van der Waals surface area contributed by atoms with Crippen molar-refractivity contribution in [1.82, 2.24) is 61.2 Å². The molecule has 2 unspecified atom stereocenters. The van der Waals surface area contributed by atoms with Crippen molar-refractivity contribution < 1.29 is 85.8 Å². The molecule has 3 aromatic heterocycles. The van der Waals surface area contributed by atoms with Gasteiger partial charge in [0.25, 0.3) is 17.7 Å². The Hall–Kier alpha value is -10.7. The lowest BCUT2D eigenvalue weighted by atomic mass is 9.85. The number of nitrogens with one attached hydrogen (secondary N) is 6. The van der Waals surface area contributed by atoms with Crippen LogP contribution in [0, 0.1) is 35.5 Å². The molecule has 0 bridgehead atoms. The molecule has 3 fully saturated rings. The molecule has 3 aliphatic rings. The number of nitrogens with zero attached hydrogens (tertiary/aromatic N) is 6. The molecule has 3 aromatic carbocycles. The summed E-state index contributed by atoms with van der Waals surface area (Å²) < 4.78 is 53.2. The van der Waals surface area contributed by atoms with Crippen molar-refractivity contribution in [3.05, 3.63) is 89.9 Å². The molecule has 0 aliphatic heterocycles. The first-order valence-electron chi connectivity index (χ1n) is 43.5. The second kappa shape index (κ2) is 51.3. The minimum Gasteiger partial charge on any atom is -0.496 e. The zero-order valence-electron chi connectivity index (χ0n) is 74.9. The molecule has 5 atom stereocenters. The third kappa shape index (κ3) is 30.4. The van der Waals surface area contributed by atoms with Crippen LogP contribution >= 0.6 is 0 Å². The lowest BCUT2D eigenvalue weighted by Crippen LogP contribution is -2.40. The summed E-state index contributed by atoms with van der Waals surface area (Å²) in [6, 6.07) is 20.7. The van der Waals surface area contributed by atoms with Crippen molar-refractivity contribution in [2.45, 2.75) is 246 Å². The fraction of sp³-hybridized carbons (Fsp3) is 0.609. The zero-order chi connectivity index (χ0) is 88.8. The summed E-state index contributed by atoms with van der Waals surface area (Å²) in [7, 11) is 13.4. The maximum atomic E-state index is 13.6. The first kappa shape index (κ1) is 98.4. The van der Waals surface area contributed by atoms with Crippen molar-refractivity contribution in [3.8, 4) is 68.3 Å². The standard InChI is InChI=1S/2C31H46N4O6.C30H44N4O6/c1-20(2)21(3)35-25(30-26(39-4)13-10-14-27(30)40-5)18-24(34-35)31(38)33-23(16-15-22-11-8-7-9-12-22)17-28(36)32-19-29(37)41-6;1-6-21(2)20-35-25(30-26(39-3)13-10-14-27(30)40-4)18-24(34-35)31(38)33-23(16-15-22-11-8-7-9-12-22)17-28(36)32-19-29(37)41-5;1-20(2)19-34-24(29-25(38-3)12-9-13-26(29)39-4)17-23(33-34)30(37)32-22(15-14-21-10-7-6-8-11-21)16-27(35)31-18-28(36)40-5/h10,13-14,18,20-23H,7-9,11-12,15-17,19H2,1-6H3,(H,32,36)(H,33,38);10,13-14,18,21-23H,6-9,11-12,15-17,19-20H2,1-5H3,(H,32,36)(H,33,38);9,12-13,17,20-22H,6-8,10-11,14-16,18-19H2,1-5H3,(H,31,35)(H,32,37)/t2*21?,23-;22-/m000/s1. The molecule has 30 heteroatoms. The van der Waals surface area contributed by atoms with Gasteiger partial charge in [-0.2, -0.15) is 15.3 Å². The number of aromatic nitrogens is 6. The van der Waals surface area contributed by atoms with E-state index in [1.54, 1.807) is 65.5 Å². The van der Waals surface area contributed by atoms with Gasteiger partial charge in [0.05, 0.1) is 104 Å². The number of ether oxygens (including phenoxy) is 9. The van der Waals surface area contributed by atoms with Gasteiger partial charge in [0.1, 0.15) is 54.1 Å². The molecule has 3 heterocycles. The van der Waals surface area contributed by atoms with Crippen LogP contribution in [0.25, 0.3) is 33.8 Å². The molecule has 672 valence electrons. The molecule has 122 heavy (non-hydrogen) atoms. The van der Waals surface area contributed by atoms with Gasteiger partial charge in [-0.05, 0) is 136 Å². The van der Waals surface area contributed by atoms with E-state index in [9.17, 15) is 43.2 Å². The second-order valence-electron chi connectivity index (χ2n) is 33.0. The highest BCUT2D eigenvalue weighted by Gasteiger charge is 2.32. The second-order valence-corrected chi connectivity index (χ2v) is 33.0. The summed E-state index contributed by atoms with van der Waals surface area (Å²) >= 11 is 0. The summed E-state index contributed by atoms with van der Waals surface area (Å²) in [5.41, 5.74) is 5.06. The highest BCUT2D eigenvalue weighted by atomic mass is 16.5. The number of esters is 3. The number of hydrogen-bond acceptors (Lipinski definition) is 21. The summed E-state index contributed by atoms with van der Waals surface area (Å²) in [5, 5.41) is 31.1. The molecule has 3 saturated carbocycles. The van der Waals surface area contributed by atoms with Gasteiger partial charge in [-0.1, -0.05) is 162 Å². The molecule has 6 N–H and O–H groups in total. The van der Waals surface area contributed by atoms with Crippen molar-refractivity contribution in [3.63, 3.8) is 0 Å². The monoisotopic (exact) mass is 1700 g/mol. The Labute approximate surface area is 720 Å². The maximum Gasteiger partial charge on any atom is 0.325 e. The van der Waals surface area contributed by atoms with Gasteiger partial charge in [0.2, 0.25) is 17.7 Å². The summed E-state index contributed by atoms with van der Waals surface area (Å²) in [6.45, 7) is 15.3. The van der Waals surface area contributed by atoms with Gasteiger partial charge in [0, 0.05) is 50.5 Å². The quantitative estimate of drug-likeness (QED) is 0.0153. The molecule has 0 radical (unpaired) electrons. The minimum atomic E-state index is -0.523. The topological polar surface area (TPSA) is 362 Å². The molecular weight excluding hydrogens is 1560 g/mol. The number of methoxy groups -OCH3 is 9.